The van der Waals surface area contributed by atoms with Crippen molar-refractivity contribution in [1.82, 2.24) is 19.4 Å². The topological polar surface area (TPSA) is 132 Å². The van der Waals surface area contributed by atoms with Crippen molar-refractivity contribution in [2.75, 3.05) is 26.2 Å². The molecule has 0 atom stereocenters. The number of aromatic amines is 1. The smallest absolute Gasteiger partial charge is 0.410 e. The zero-order valence-electron chi connectivity index (χ0n) is 37.3. The van der Waals surface area contributed by atoms with Crippen LogP contribution in [0.25, 0.3) is 31.5 Å². The molecule has 0 aliphatic carbocycles. The van der Waals surface area contributed by atoms with Crippen LogP contribution in [0.4, 0.5) is 21.0 Å². The van der Waals surface area contributed by atoms with Crippen LogP contribution in [0.1, 0.15) is 90.0 Å². The monoisotopic (exact) mass is 1010 g/mol. The van der Waals surface area contributed by atoms with Gasteiger partial charge in [-0.2, -0.15) is 8.42 Å². The van der Waals surface area contributed by atoms with Crippen molar-refractivity contribution in [3.63, 3.8) is 0 Å². The zero-order valence-corrected chi connectivity index (χ0v) is 41.3. The first-order chi connectivity index (χ1) is 29.5. The highest BCUT2D eigenvalue weighted by atomic mass is 79.9. The Kier molecular flexibility index (Phi) is 15.8. The van der Waals surface area contributed by atoms with Crippen molar-refractivity contribution in [3.05, 3.63) is 109 Å². The molecule has 63 heavy (non-hydrogen) atoms. The van der Waals surface area contributed by atoms with Crippen LogP contribution in [0.2, 0.25) is 0 Å². The van der Waals surface area contributed by atoms with Crippen LogP contribution in [0.5, 0.6) is 0 Å². The fourth-order valence-electron chi connectivity index (χ4n) is 7.18. The van der Waals surface area contributed by atoms with E-state index >= 15 is 0 Å². The van der Waals surface area contributed by atoms with Crippen molar-refractivity contribution < 1.29 is 31.7 Å². The standard InChI is InChI=1S/C20H24BrN3O2.C17H25NO5S.C10H7BrN2/c1-13-10-18-15(11-17(13)22-5)16(21)12-24(18)14-6-8-23(9-7-14)19(25)26-20(2,3)4;1-13-5-7-15(8-6-13)24(20,21)23-14-9-11-18(12-10-14)16(19)22-17(2,3)4;1-6-3-10-7(4-9(6)12-2)8(11)5-13-10/h10-12,14H,6-9H2,1-4H3;5-8,14H,9-12H2,1-4H3;3-5,13H,1H3. The number of halogens is 2. The first-order valence-corrected chi connectivity index (χ1v) is 23.8. The Labute approximate surface area is 388 Å². The molecule has 5 aromatic rings. The van der Waals surface area contributed by atoms with Crippen molar-refractivity contribution in [2.45, 2.75) is 116 Å². The third-order valence-electron chi connectivity index (χ3n) is 10.5. The van der Waals surface area contributed by atoms with Gasteiger partial charge in [-0.1, -0.05) is 17.7 Å². The molecule has 2 saturated heterocycles. The fourth-order valence-corrected chi connectivity index (χ4v) is 9.29. The summed E-state index contributed by atoms with van der Waals surface area (Å²) in [5, 5.41) is 2.13. The number of fused-ring (bicyclic) bond motifs is 2. The van der Waals surface area contributed by atoms with Gasteiger partial charge in [0.15, 0.2) is 11.4 Å². The number of nitrogens with zero attached hydrogens (tertiary/aromatic N) is 5. The molecule has 2 fully saturated rings. The van der Waals surface area contributed by atoms with Gasteiger partial charge in [-0.05, 0) is 167 Å². The average Bonchev–Trinajstić information content (AvgIpc) is 3.73. The van der Waals surface area contributed by atoms with Gasteiger partial charge in [0.1, 0.15) is 11.2 Å². The predicted molar refractivity (Wildman–Crippen MR) is 254 cm³/mol. The number of piperidine rings is 2. The molecule has 4 heterocycles. The molecule has 0 unspecified atom stereocenters. The lowest BCUT2D eigenvalue weighted by molar-refractivity contribution is 0.0131. The summed E-state index contributed by atoms with van der Waals surface area (Å²) in [4.78, 5) is 38.0. The first-order valence-electron chi connectivity index (χ1n) is 20.8. The molecule has 1 N–H and O–H groups in total. The van der Waals surface area contributed by atoms with Crippen LogP contribution in [-0.4, -0.2) is 83.4 Å². The number of nitrogens with one attached hydrogen (secondary N) is 1. The lowest BCUT2D eigenvalue weighted by atomic mass is 10.0. The van der Waals surface area contributed by atoms with Crippen LogP contribution >= 0.6 is 31.9 Å². The lowest BCUT2D eigenvalue weighted by Gasteiger charge is -2.34. The normalized spacial score (nSPS) is 15.1. The largest absolute Gasteiger partial charge is 0.444 e. The van der Waals surface area contributed by atoms with Crippen LogP contribution in [0.3, 0.4) is 0 Å². The summed E-state index contributed by atoms with van der Waals surface area (Å²) in [6.07, 6.45) is 5.67. The number of carbonyl (C=O) groups excluding carboxylic acids is 2. The molecule has 13 nitrogen and oxygen atoms in total. The summed E-state index contributed by atoms with van der Waals surface area (Å²) in [6, 6.07) is 14.8. The molecule has 2 aliphatic heterocycles. The van der Waals surface area contributed by atoms with Gasteiger partial charge in [0.05, 0.1) is 24.1 Å². The summed E-state index contributed by atoms with van der Waals surface area (Å²) >= 11 is 7.05. The molecule has 2 aromatic heterocycles. The number of likely N-dealkylation sites (tertiary alicyclic amines) is 2. The van der Waals surface area contributed by atoms with Gasteiger partial charge < -0.3 is 28.8 Å². The number of benzene rings is 3. The van der Waals surface area contributed by atoms with E-state index < -0.39 is 27.4 Å². The Morgan fingerprint density at radius 1 is 0.730 bits per heavy atom. The van der Waals surface area contributed by atoms with E-state index in [1.165, 1.54) is 0 Å². The Hall–Kier alpha value is -4.87. The average molecular weight is 1010 g/mol. The van der Waals surface area contributed by atoms with Gasteiger partial charge >= 0.3 is 12.2 Å². The van der Waals surface area contributed by atoms with Crippen LogP contribution in [0, 0.1) is 33.9 Å². The Morgan fingerprint density at radius 2 is 1.22 bits per heavy atom. The second-order valence-electron chi connectivity index (χ2n) is 17.8. The SMILES string of the molecule is Cc1ccc(S(=O)(=O)OC2CCN(C(=O)OC(C)(C)C)CC2)cc1.[C-]#[N+]c1cc2c(Br)c[nH]c2cc1C.[C-]#[N+]c1cc2c(Br)cn(C3CCN(C(=O)OC(C)(C)C)CC3)c2cc1C. The van der Waals surface area contributed by atoms with E-state index in [2.05, 4.69) is 63.4 Å². The third kappa shape index (κ3) is 13.1. The number of carbonyl (C=O) groups is 2. The quantitative estimate of drug-likeness (QED) is 0.140. The van der Waals surface area contributed by atoms with E-state index in [0.29, 0.717) is 56.4 Å². The highest BCUT2D eigenvalue weighted by Gasteiger charge is 2.31. The fraction of sp³-hybridized carbons (Fsp3) is 0.447. The molecular formula is C47H56Br2N6O7S. The molecule has 0 radical (unpaired) electrons. The molecule has 0 spiro atoms. The van der Waals surface area contributed by atoms with Crippen LogP contribution in [-0.2, 0) is 23.8 Å². The summed E-state index contributed by atoms with van der Waals surface area (Å²) < 4.78 is 45.0. The van der Waals surface area contributed by atoms with Crippen LogP contribution < -0.4 is 0 Å². The van der Waals surface area contributed by atoms with Gasteiger partial charge in [-0.15, -0.1) is 0 Å². The molecule has 7 rings (SSSR count). The molecule has 16 heteroatoms. The van der Waals surface area contributed by atoms with Crippen molar-refractivity contribution >= 4 is 87.3 Å². The Morgan fingerprint density at radius 3 is 1.73 bits per heavy atom. The summed E-state index contributed by atoms with van der Waals surface area (Å²) in [7, 11) is -3.78. The van der Waals surface area contributed by atoms with Gasteiger partial charge in [0.25, 0.3) is 10.1 Å². The van der Waals surface area contributed by atoms with Crippen LogP contribution in [0.15, 0.2) is 74.8 Å². The molecule has 0 bridgehead atoms. The van der Waals surface area contributed by atoms with E-state index in [-0.39, 0.29) is 17.1 Å². The highest BCUT2D eigenvalue weighted by Crippen LogP contribution is 2.37. The molecule has 2 aliphatic rings. The molecule has 2 amide bonds. The number of H-pyrrole nitrogens is 1. The maximum Gasteiger partial charge on any atom is 0.410 e. The summed E-state index contributed by atoms with van der Waals surface area (Å²) in [6.45, 7) is 33.4. The van der Waals surface area contributed by atoms with Crippen molar-refractivity contribution in [1.29, 1.82) is 0 Å². The minimum atomic E-state index is -3.78. The number of aryl methyl sites for hydroxylation is 3. The molecular weight excluding hydrogens is 952 g/mol. The summed E-state index contributed by atoms with van der Waals surface area (Å²) in [5.74, 6) is 0. The first kappa shape index (κ1) is 49.2. The van der Waals surface area contributed by atoms with E-state index in [9.17, 15) is 18.0 Å². The zero-order chi connectivity index (χ0) is 46.4. The number of hydrogen-bond donors (Lipinski definition) is 1. The number of amides is 2. The Bertz CT molecular complexity index is 2630. The lowest BCUT2D eigenvalue weighted by Crippen LogP contribution is -2.43. The van der Waals surface area contributed by atoms with E-state index in [0.717, 1.165) is 60.3 Å². The van der Waals surface area contributed by atoms with Gasteiger partial charge in [-0.25, -0.2) is 19.3 Å². The van der Waals surface area contributed by atoms with E-state index in [4.69, 9.17) is 26.8 Å². The van der Waals surface area contributed by atoms with Gasteiger partial charge in [-0.3, -0.25) is 4.18 Å². The maximum absolute atomic E-state index is 12.3. The minimum absolute atomic E-state index is 0.155. The summed E-state index contributed by atoms with van der Waals surface area (Å²) in [5.41, 5.74) is 5.59. The van der Waals surface area contributed by atoms with Gasteiger partial charge in [0, 0.05) is 75.4 Å². The molecule has 336 valence electrons. The van der Waals surface area contributed by atoms with Crippen molar-refractivity contribution in [3.8, 4) is 0 Å². The number of aromatic nitrogens is 2. The molecule has 0 saturated carbocycles. The second-order valence-corrected chi connectivity index (χ2v) is 21.1. The number of hydrogen-bond acceptors (Lipinski definition) is 7. The Balaban J connectivity index is 0.000000187. The van der Waals surface area contributed by atoms with Crippen molar-refractivity contribution in [2.24, 2.45) is 0 Å². The minimum Gasteiger partial charge on any atom is -0.444 e. The van der Waals surface area contributed by atoms with Gasteiger partial charge in [0.2, 0.25) is 0 Å². The predicted octanol–water partition coefficient (Wildman–Crippen LogP) is 12.7. The number of ether oxygens (including phenoxy) is 2. The maximum atomic E-state index is 12.3. The van der Waals surface area contributed by atoms with E-state index in [1.54, 1.807) is 34.1 Å². The second kappa shape index (κ2) is 20.3. The molecule has 3 aromatic carbocycles. The third-order valence-corrected chi connectivity index (χ3v) is 13.1. The number of rotatable bonds is 4. The highest BCUT2D eigenvalue weighted by molar-refractivity contribution is 9.11. The van der Waals surface area contributed by atoms with E-state index in [1.807, 2.05) is 86.7 Å².